The van der Waals surface area contributed by atoms with Crippen LogP contribution in [0.1, 0.15) is 13.3 Å². The minimum absolute atomic E-state index is 0.185. The largest absolute Gasteiger partial charge is 0.486 e. The van der Waals surface area contributed by atoms with E-state index in [0.717, 1.165) is 11.8 Å². The van der Waals surface area contributed by atoms with Crippen molar-refractivity contribution in [2.24, 2.45) is 0 Å². The molecule has 1 aromatic rings. The van der Waals surface area contributed by atoms with Crippen molar-refractivity contribution in [3.63, 3.8) is 0 Å². The molecule has 0 bridgehead atoms. The number of ether oxygens (including phenoxy) is 1. The van der Waals surface area contributed by atoms with Crippen LogP contribution in [0.5, 0.6) is 5.75 Å². The van der Waals surface area contributed by atoms with Gasteiger partial charge >= 0.3 is 0 Å². The fourth-order valence-electron chi connectivity index (χ4n) is 1.39. The Balaban J connectivity index is 2.41. The van der Waals surface area contributed by atoms with E-state index in [1.54, 1.807) is 19.1 Å². The van der Waals surface area contributed by atoms with Gasteiger partial charge in [-0.05, 0) is 19.1 Å². The topological polar surface area (TPSA) is 9.23 Å². The Kier molecular flexibility index (Phi) is 2.63. The van der Waals surface area contributed by atoms with Gasteiger partial charge < -0.3 is 4.74 Å². The molecule has 0 unspecified atom stereocenters. The van der Waals surface area contributed by atoms with Crippen LogP contribution in [0.25, 0.3) is 0 Å². The van der Waals surface area contributed by atoms with Crippen LogP contribution in [0.2, 0.25) is 0 Å². The third-order valence-electron chi connectivity index (χ3n) is 2.02. The molecular formula is C10H10F2OS. The quantitative estimate of drug-likeness (QED) is 0.657. The molecular weight excluding hydrogens is 206 g/mol. The van der Waals surface area contributed by atoms with Crippen LogP contribution in [0.15, 0.2) is 23.1 Å². The molecule has 0 spiro atoms. The smallest absolute Gasteiger partial charge is 0.168 e. The van der Waals surface area contributed by atoms with Crippen molar-refractivity contribution >= 4 is 11.8 Å². The summed E-state index contributed by atoms with van der Waals surface area (Å²) < 4.78 is 31.9. The predicted octanol–water partition coefficient (Wildman–Crippen LogP) is 3.38. The number of rotatable bonds is 0. The van der Waals surface area contributed by atoms with Crippen LogP contribution in [-0.2, 0) is 0 Å². The van der Waals surface area contributed by atoms with Gasteiger partial charge in [0.2, 0.25) is 0 Å². The monoisotopic (exact) mass is 216 g/mol. The number of thioether (sulfide) groups is 1. The highest BCUT2D eigenvalue weighted by molar-refractivity contribution is 7.99. The highest BCUT2D eigenvalue weighted by Crippen LogP contribution is 2.39. The fourth-order valence-corrected chi connectivity index (χ4v) is 2.44. The predicted molar refractivity (Wildman–Crippen MR) is 51.9 cm³/mol. The Labute approximate surface area is 85.5 Å². The standard InChI is InChI=1S/C10H10F2OS/c1-6-5-9(12)14-8-4-2-3-7(11)10(8)13-6/h2-4,6,9H,5H2,1H3/t6-,9-/m1/s1. The minimum atomic E-state index is -1.02. The molecule has 1 aliphatic rings. The van der Waals surface area contributed by atoms with Crippen molar-refractivity contribution < 1.29 is 13.5 Å². The van der Waals surface area contributed by atoms with Crippen molar-refractivity contribution in [1.82, 2.24) is 0 Å². The lowest BCUT2D eigenvalue weighted by atomic mass is 10.3. The van der Waals surface area contributed by atoms with Crippen molar-refractivity contribution in [3.05, 3.63) is 24.0 Å². The van der Waals surface area contributed by atoms with Crippen LogP contribution in [0.3, 0.4) is 0 Å². The summed E-state index contributed by atoms with van der Waals surface area (Å²) in [6.07, 6.45) is 0.00866. The molecule has 1 heterocycles. The average Bonchev–Trinajstić information content (AvgIpc) is 2.23. The van der Waals surface area contributed by atoms with Gasteiger partial charge in [-0.15, -0.1) is 0 Å². The number of fused-ring (bicyclic) bond motifs is 1. The van der Waals surface area contributed by atoms with Crippen molar-refractivity contribution in [1.29, 1.82) is 0 Å². The highest BCUT2D eigenvalue weighted by Gasteiger charge is 2.24. The summed E-state index contributed by atoms with van der Waals surface area (Å²) in [5.41, 5.74) is -1.02. The zero-order valence-corrected chi connectivity index (χ0v) is 8.48. The molecule has 4 heteroatoms. The Morgan fingerprint density at radius 2 is 2.29 bits per heavy atom. The first kappa shape index (κ1) is 9.77. The van der Waals surface area contributed by atoms with Gasteiger partial charge in [0.25, 0.3) is 0 Å². The van der Waals surface area contributed by atoms with E-state index in [-0.39, 0.29) is 11.9 Å². The molecule has 1 aliphatic heterocycles. The molecule has 0 N–H and O–H groups in total. The van der Waals surface area contributed by atoms with E-state index in [0.29, 0.717) is 11.3 Å². The van der Waals surface area contributed by atoms with Gasteiger partial charge in [-0.25, -0.2) is 8.78 Å². The second-order valence-electron chi connectivity index (χ2n) is 3.26. The van der Waals surface area contributed by atoms with Crippen LogP contribution >= 0.6 is 11.8 Å². The first-order chi connectivity index (χ1) is 6.66. The third-order valence-corrected chi connectivity index (χ3v) is 3.05. The number of benzene rings is 1. The van der Waals surface area contributed by atoms with Crippen molar-refractivity contribution in [3.8, 4) is 5.75 Å². The van der Waals surface area contributed by atoms with Gasteiger partial charge in [-0.1, -0.05) is 17.8 Å². The number of halogens is 2. The van der Waals surface area contributed by atoms with Gasteiger partial charge in [-0.3, -0.25) is 0 Å². The van der Waals surface area contributed by atoms with Crippen LogP contribution in [0.4, 0.5) is 8.78 Å². The maximum atomic E-state index is 13.3. The Hall–Kier alpha value is -0.770. The highest BCUT2D eigenvalue weighted by atomic mass is 32.2. The van der Waals surface area contributed by atoms with Crippen molar-refractivity contribution in [2.75, 3.05) is 0 Å². The van der Waals surface area contributed by atoms with Crippen LogP contribution < -0.4 is 4.74 Å². The minimum Gasteiger partial charge on any atom is -0.486 e. The van der Waals surface area contributed by atoms with Gasteiger partial charge in [0.15, 0.2) is 17.1 Å². The van der Waals surface area contributed by atoms with Crippen molar-refractivity contribution in [2.45, 2.75) is 29.8 Å². The molecule has 0 saturated carbocycles. The van der Waals surface area contributed by atoms with Crippen LogP contribution in [-0.4, -0.2) is 11.6 Å². The molecule has 2 rings (SSSR count). The summed E-state index contributed by atoms with van der Waals surface area (Å²) in [7, 11) is 0. The first-order valence-corrected chi connectivity index (χ1v) is 5.30. The molecule has 14 heavy (non-hydrogen) atoms. The summed E-state index contributed by atoms with van der Waals surface area (Å²) >= 11 is 1.02. The van der Waals surface area contributed by atoms with Crippen LogP contribution in [0, 0.1) is 5.82 Å². The second-order valence-corrected chi connectivity index (χ2v) is 4.45. The van der Waals surface area contributed by atoms with E-state index in [2.05, 4.69) is 0 Å². The Bertz CT molecular complexity index is 343. The molecule has 2 atom stereocenters. The van der Waals surface area contributed by atoms with E-state index < -0.39 is 11.3 Å². The first-order valence-electron chi connectivity index (χ1n) is 4.42. The summed E-state index contributed by atoms with van der Waals surface area (Å²) in [5.74, 6) is -0.235. The molecule has 1 nitrogen and oxygen atoms in total. The summed E-state index contributed by atoms with van der Waals surface area (Å²) in [4.78, 5) is 0.543. The number of para-hydroxylation sites is 1. The molecule has 76 valence electrons. The number of hydrogen-bond acceptors (Lipinski definition) is 2. The molecule has 1 aromatic carbocycles. The molecule has 0 radical (unpaired) electrons. The van der Waals surface area contributed by atoms with E-state index in [1.807, 2.05) is 0 Å². The average molecular weight is 216 g/mol. The summed E-state index contributed by atoms with van der Waals surface area (Å²) in [6.45, 7) is 1.74. The Morgan fingerprint density at radius 3 is 3.07 bits per heavy atom. The lowest BCUT2D eigenvalue weighted by Crippen LogP contribution is -2.14. The normalized spacial score (nSPS) is 26.2. The SMILES string of the molecule is C[C@@H]1C[C@H](F)Sc2cccc(F)c2O1. The fraction of sp³-hybridized carbons (Fsp3) is 0.400. The van der Waals surface area contributed by atoms with Gasteiger partial charge in [0.1, 0.15) is 0 Å². The summed E-state index contributed by atoms with van der Waals surface area (Å²) in [5, 5.41) is 0. The molecule has 0 saturated heterocycles. The Morgan fingerprint density at radius 1 is 1.50 bits per heavy atom. The number of alkyl halides is 1. The maximum absolute atomic E-state index is 13.3. The van der Waals surface area contributed by atoms with E-state index in [1.165, 1.54) is 6.07 Å². The molecule has 0 amide bonds. The van der Waals surface area contributed by atoms with E-state index in [9.17, 15) is 8.78 Å². The van der Waals surface area contributed by atoms with E-state index in [4.69, 9.17) is 4.74 Å². The lowest BCUT2D eigenvalue weighted by molar-refractivity contribution is 0.183. The third kappa shape index (κ3) is 1.85. The second kappa shape index (κ2) is 3.77. The molecule has 0 aromatic heterocycles. The van der Waals surface area contributed by atoms with Gasteiger partial charge in [-0.2, -0.15) is 0 Å². The zero-order valence-electron chi connectivity index (χ0n) is 7.67. The van der Waals surface area contributed by atoms with E-state index >= 15 is 0 Å². The molecule has 0 fully saturated rings. The maximum Gasteiger partial charge on any atom is 0.168 e. The van der Waals surface area contributed by atoms with Gasteiger partial charge in [0.05, 0.1) is 11.0 Å². The molecule has 0 aliphatic carbocycles. The zero-order chi connectivity index (χ0) is 10.1. The summed E-state index contributed by atoms with van der Waals surface area (Å²) in [6, 6.07) is 4.56. The lowest BCUT2D eigenvalue weighted by Gasteiger charge is -2.12. The van der Waals surface area contributed by atoms with Gasteiger partial charge in [0, 0.05) is 6.42 Å². The number of hydrogen-bond donors (Lipinski definition) is 0.